The summed E-state index contributed by atoms with van der Waals surface area (Å²) in [5, 5.41) is 8.73. The molecule has 0 saturated carbocycles. The first-order valence-electron chi connectivity index (χ1n) is 6.48. The number of benzene rings is 2. The Morgan fingerprint density at radius 3 is 2.33 bits per heavy atom. The van der Waals surface area contributed by atoms with Crippen molar-refractivity contribution in [3.63, 3.8) is 0 Å². The Kier molecular flexibility index (Phi) is 4.79. The quantitative estimate of drug-likeness (QED) is 0.853. The zero-order valence-electron chi connectivity index (χ0n) is 11.7. The van der Waals surface area contributed by atoms with Crippen molar-refractivity contribution in [3.05, 3.63) is 54.1 Å². The topological polar surface area (TPSA) is 81.8 Å². The summed E-state index contributed by atoms with van der Waals surface area (Å²) in [6, 6.07) is 13.8. The van der Waals surface area contributed by atoms with E-state index in [4.69, 9.17) is 20.3 Å². The van der Waals surface area contributed by atoms with Crippen molar-refractivity contribution in [3.8, 4) is 17.2 Å². The van der Waals surface area contributed by atoms with E-state index in [9.17, 15) is 4.79 Å². The SMILES string of the molecule is COc1ccccc1Oc1ccc([C@@H](N)CC(=O)O)cc1. The van der Waals surface area contributed by atoms with Gasteiger partial charge in [-0.3, -0.25) is 4.79 Å². The molecule has 0 saturated heterocycles. The standard InChI is InChI=1S/C16H17NO4/c1-20-14-4-2-3-5-15(14)21-12-8-6-11(7-9-12)13(17)10-16(18)19/h2-9,13H,10,17H2,1H3,(H,18,19)/t13-/m0/s1. The number of rotatable bonds is 6. The maximum Gasteiger partial charge on any atom is 0.305 e. The average molecular weight is 287 g/mol. The van der Waals surface area contributed by atoms with E-state index < -0.39 is 12.0 Å². The van der Waals surface area contributed by atoms with Crippen LogP contribution >= 0.6 is 0 Å². The molecular formula is C16H17NO4. The highest BCUT2D eigenvalue weighted by Gasteiger charge is 2.11. The second-order valence-corrected chi connectivity index (χ2v) is 4.53. The van der Waals surface area contributed by atoms with Gasteiger partial charge in [0.25, 0.3) is 0 Å². The van der Waals surface area contributed by atoms with Crippen LogP contribution < -0.4 is 15.2 Å². The van der Waals surface area contributed by atoms with E-state index in [0.29, 0.717) is 17.2 Å². The van der Waals surface area contributed by atoms with Crippen LogP contribution in [0.4, 0.5) is 0 Å². The summed E-state index contributed by atoms with van der Waals surface area (Å²) in [6.07, 6.45) is -0.104. The number of hydrogen-bond acceptors (Lipinski definition) is 4. The van der Waals surface area contributed by atoms with Crippen LogP contribution in [-0.4, -0.2) is 18.2 Å². The van der Waals surface area contributed by atoms with Crippen molar-refractivity contribution >= 4 is 5.97 Å². The van der Waals surface area contributed by atoms with Gasteiger partial charge in [0, 0.05) is 6.04 Å². The maximum atomic E-state index is 10.6. The van der Waals surface area contributed by atoms with Crippen molar-refractivity contribution in [2.75, 3.05) is 7.11 Å². The highest BCUT2D eigenvalue weighted by Crippen LogP contribution is 2.31. The minimum Gasteiger partial charge on any atom is -0.493 e. The monoisotopic (exact) mass is 287 g/mol. The molecule has 0 aromatic heterocycles. The Hall–Kier alpha value is -2.53. The van der Waals surface area contributed by atoms with Crippen LogP contribution in [0.3, 0.4) is 0 Å². The van der Waals surface area contributed by atoms with Gasteiger partial charge in [-0.25, -0.2) is 0 Å². The minimum atomic E-state index is -0.920. The fourth-order valence-electron chi connectivity index (χ4n) is 1.92. The summed E-state index contributed by atoms with van der Waals surface area (Å²) in [7, 11) is 1.58. The number of carboxylic acid groups (broad SMARTS) is 1. The molecule has 2 aromatic carbocycles. The fourth-order valence-corrected chi connectivity index (χ4v) is 1.92. The molecule has 1 atom stereocenters. The third-order valence-electron chi connectivity index (χ3n) is 3.00. The van der Waals surface area contributed by atoms with Gasteiger partial charge in [-0.1, -0.05) is 24.3 Å². The Bertz CT molecular complexity index is 610. The summed E-state index contributed by atoms with van der Waals surface area (Å²) in [4.78, 5) is 10.6. The van der Waals surface area contributed by atoms with E-state index in [2.05, 4.69) is 0 Å². The molecule has 5 heteroatoms. The van der Waals surface area contributed by atoms with E-state index in [1.54, 1.807) is 31.4 Å². The van der Waals surface area contributed by atoms with Gasteiger partial charge in [0.15, 0.2) is 11.5 Å². The van der Waals surface area contributed by atoms with Crippen LogP contribution in [0.2, 0.25) is 0 Å². The number of methoxy groups -OCH3 is 1. The van der Waals surface area contributed by atoms with E-state index >= 15 is 0 Å². The Morgan fingerprint density at radius 1 is 1.14 bits per heavy atom. The van der Waals surface area contributed by atoms with Gasteiger partial charge in [-0.15, -0.1) is 0 Å². The summed E-state index contributed by atoms with van der Waals surface area (Å²) in [6.45, 7) is 0. The number of para-hydroxylation sites is 2. The molecule has 2 aromatic rings. The van der Waals surface area contributed by atoms with E-state index in [-0.39, 0.29) is 6.42 Å². The number of nitrogens with two attached hydrogens (primary N) is 1. The van der Waals surface area contributed by atoms with Gasteiger partial charge in [0.05, 0.1) is 13.5 Å². The molecule has 21 heavy (non-hydrogen) atoms. The van der Waals surface area contributed by atoms with Crippen LogP contribution in [0.15, 0.2) is 48.5 Å². The molecule has 0 unspecified atom stereocenters. The van der Waals surface area contributed by atoms with Crippen molar-refractivity contribution in [2.45, 2.75) is 12.5 Å². The predicted molar refractivity (Wildman–Crippen MR) is 78.7 cm³/mol. The van der Waals surface area contributed by atoms with Gasteiger partial charge in [0.1, 0.15) is 5.75 Å². The zero-order chi connectivity index (χ0) is 15.2. The van der Waals surface area contributed by atoms with Crippen LogP contribution in [0.25, 0.3) is 0 Å². The second kappa shape index (κ2) is 6.76. The van der Waals surface area contributed by atoms with Gasteiger partial charge in [-0.05, 0) is 29.8 Å². The number of carbonyl (C=O) groups is 1. The molecule has 0 aliphatic carbocycles. The molecule has 0 heterocycles. The first-order valence-corrected chi connectivity index (χ1v) is 6.48. The first kappa shape index (κ1) is 14.9. The minimum absolute atomic E-state index is 0.104. The third kappa shape index (κ3) is 3.97. The van der Waals surface area contributed by atoms with Gasteiger partial charge in [-0.2, -0.15) is 0 Å². The zero-order valence-corrected chi connectivity index (χ0v) is 11.7. The van der Waals surface area contributed by atoms with Crippen LogP contribution in [0, 0.1) is 0 Å². The molecule has 0 aliphatic heterocycles. The van der Waals surface area contributed by atoms with E-state index in [1.807, 2.05) is 24.3 Å². The third-order valence-corrected chi connectivity index (χ3v) is 3.00. The highest BCUT2D eigenvalue weighted by atomic mass is 16.5. The van der Waals surface area contributed by atoms with Crippen molar-refractivity contribution in [1.29, 1.82) is 0 Å². The molecule has 0 bridgehead atoms. The molecule has 0 fully saturated rings. The largest absolute Gasteiger partial charge is 0.493 e. The lowest BCUT2D eigenvalue weighted by atomic mass is 10.0. The number of ether oxygens (including phenoxy) is 2. The maximum absolute atomic E-state index is 10.6. The molecule has 5 nitrogen and oxygen atoms in total. The Balaban J connectivity index is 2.10. The van der Waals surface area contributed by atoms with Crippen LogP contribution in [0.1, 0.15) is 18.0 Å². The average Bonchev–Trinajstić information content (AvgIpc) is 2.48. The Labute approximate surface area is 122 Å². The lowest BCUT2D eigenvalue weighted by Crippen LogP contribution is -2.14. The number of hydrogen-bond donors (Lipinski definition) is 2. The molecule has 0 radical (unpaired) electrons. The van der Waals surface area contributed by atoms with Crippen molar-refractivity contribution in [1.82, 2.24) is 0 Å². The summed E-state index contributed by atoms with van der Waals surface area (Å²) < 4.78 is 10.9. The molecule has 0 amide bonds. The van der Waals surface area contributed by atoms with Gasteiger partial charge in [0.2, 0.25) is 0 Å². The van der Waals surface area contributed by atoms with Crippen LogP contribution in [-0.2, 0) is 4.79 Å². The van der Waals surface area contributed by atoms with Gasteiger partial charge >= 0.3 is 5.97 Å². The number of carboxylic acids is 1. The van der Waals surface area contributed by atoms with Crippen LogP contribution in [0.5, 0.6) is 17.2 Å². The highest BCUT2D eigenvalue weighted by molar-refractivity contribution is 5.67. The summed E-state index contributed by atoms with van der Waals surface area (Å²) >= 11 is 0. The summed E-state index contributed by atoms with van der Waals surface area (Å²) in [5.74, 6) is 0.967. The lowest BCUT2D eigenvalue weighted by molar-refractivity contribution is -0.137. The number of aliphatic carboxylic acids is 1. The summed E-state index contributed by atoms with van der Waals surface area (Å²) in [5.41, 5.74) is 6.56. The van der Waals surface area contributed by atoms with Gasteiger partial charge < -0.3 is 20.3 Å². The molecule has 0 spiro atoms. The smallest absolute Gasteiger partial charge is 0.305 e. The van der Waals surface area contributed by atoms with E-state index in [0.717, 1.165) is 5.56 Å². The van der Waals surface area contributed by atoms with E-state index in [1.165, 1.54) is 0 Å². The predicted octanol–water partition coefficient (Wildman–Crippen LogP) is 2.96. The molecule has 2 rings (SSSR count). The lowest BCUT2D eigenvalue weighted by Gasteiger charge is -2.12. The van der Waals surface area contributed by atoms with Crippen molar-refractivity contribution in [2.24, 2.45) is 5.73 Å². The normalized spacial score (nSPS) is 11.7. The second-order valence-electron chi connectivity index (χ2n) is 4.53. The fraction of sp³-hybridized carbons (Fsp3) is 0.188. The van der Waals surface area contributed by atoms with Crippen molar-refractivity contribution < 1.29 is 19.4 Å². The molecule has 3 N–H and O–H groups in total. The molecule has 0 aliphatic rings. The molecular weight excluding hydrogens is 270 g/mol. The molecule has 110 valence electrons. The first-order chi connectivity index (χ1) is 10.1. The Morgan fingerprint density at radius 2 is 1.76 bits per heavy atom.